The second-order valence-electron chi connectivity index (χ2n) is 11.0. The molecular weight excluding hydrogens is 468 g/mol. The molecule has 0 spiro atoms. The van der Waals surface area contributed by atoms with Gasteiger partial charge in [0.05, 0.1) is 6.04 Å². The number of rotatable bonds is 7. The maximum absolute atomic E-state index is 11.6. The zero-order valence-electron chi connectivity index (χ0n) is 22.6. The number of alkyl carbamates (subject to hydrolysis) is 1. The Labute approximate surface area is 219 Å². The van der Waals surface area contributed by atoms with Gasteiger partial charge in [0, 0.05) is 23.7 Å². The molecule has 37 heavy (non-hydrogen) atoms. The average Bonchev–Trinajstić information content (AvgIpc) is 3.30. The molecule has 0 bridgehead atoms. The number of nitrogens with zero attached hydrogens (tertiary/aromatic N) is 1. The maximum atomic E-state index is 11.6. The largest absolute Gasteiger partial charge is 0.480 e. The Hall–Kier alpha value is -3.65. The molecule has 8 nitrogen and oxygen atoms in total. The van der Waals surface area contributed by atoms with Crippen LogP contribution in [0.4, 0.5) is 4.79 Å². The number of carboxylic acids is 1. The molecule has 1 aromatic heterocycles. The lowest BCUT2D eigenvalue weighted by Crippen LogP contribution is -2.44. The predicted molar refractivity (Wildman–Crippen MR) is 145 cm³/mol. The molecule has 8 heteroatoms. The number of nitrogens with two attached hydrogens (primary N) is 1. The second-order valence-corrected chi connectivity index (χ2v) is 11.0. The lowest BCUT2D eigenvalue weighted by Gasteiger charge is -2.22. The molecule has 3 rings (SSSR count). The topological polar surface area (TPSA) is 130 Å². The molecule has 0 saturated carbocycles. The number of aromatic amines is 1. The van der Waals surface area contributed by atoms with Crippen molar-refractivity contribution >= 4 is 12.1 Å². The van der Waals surface area contributed by atoms with Gasteiger partial charge in [-0.2, -0.15) is 0 Å². The van der Waals surface area contributed by atoms with Gasteiger partial charge in [0.25, 0.3) is 0 Å². The Kier molecular flexibility index (Phi) is 10.4. The van der Waals surface area contributed by atoms with Crippen molar-refractivity contribution in [1.82, 2.24) is 15.3 Å². The van der Waals surface area contributed by atoms with Gasteiger partial charge < -0.3 is 25.9 Å². The third-order valence-corrected chi connectivity index (χ3v) is 5.32. The minimum atomic E-state index is -1.09. The maximum Gasteiger partial charge on any atom is 0.408 e. The van der Waals surface area contributed by atoms with Crippen molar-refractivity contribution in [3.8, 4) is 0 Å². The van der Waals surface area contributed by atoms with Crippen molar-refractivity contribution in [2.45, 2.75) is 77.5 Å². The van der Waals surface area contributed by atoms with Crippen LogP contribution in [0.1, 0.15) is 70.2 Å². The molecular formula is C29H40N4O4. The van der Waals surface area contributed by atoms with Crippen molar-refractivity contribution in [1.29, 1.82) is 0 Å². The van der Waals surface area contributed by atoms with E-state index in [-0.39, 0.29) is 17.9 Å². The van der Waals surface area contributed by atoms with E-state index in [0.29, 0.717) is 0 Å². The van der Waals surface area contributed by atoms with Crippen LogP contribution in [-0.4, -0.2) is 38.8 Å². The fraction of sp³-hybridized carbons (Fsp3) is 0.414. The number of aliphatic carboxylic acids is 1. The van der Waals surface area contributed by atoms with E-state index in [1.165, 1.54) is 5.56 Å². The van der Waals surface area contributed by atoms with Crippen LogP contribution in [0.3, 0.4) is 0 Å². The third-order valence-electron chi connectivity index (χ3n) is 5.32. The van der Waals surface area contributed by atoms with Crippen molar-refractivity contribution < 1.29 is 19.4 Å². The van der Waals surface area contributed by atoms with Gasteiger partial charge in [-0.05, 0) is 38.3 Å². The molecule has 0 radical (unpaired) electrons. The molecule has 3 aromatic rings. The van der Waals surface area contributed by atoms with Crippen LogP contribution in [0.2, 0.25) is 0 Å². The Bertz CT molecular complexity index is 1120. The molecule has 1 amide bonds. The van der Waals surface area contributed by atoms with Gasteiger partial charge in [0.15, 0.2) is 0 Å². The summed E-state index contributed by atoms with van der Waals surface area (Å²) in [5.74, 6) is -0.224. The van der Waals surface area contributed by atoms with Gasteiger partial charge >= 0.3 is 12.1 Å². The number of aromatic nitrogens is 2. The summed E-state index contributed by atoms with van der Waals surface area (Å²) in [7, 11) is 0. The van der Waals surface area contributed by atoms with E-state index in [0.717, 1.165) is 23.5 Å². The van der Waals surface area contributed by atoms with E-state index < -0.39 is 23.7 Å². The predicted octanol–water partition coefficient (Wildman–Crippen LogP) is 5.16. The first-order valence-corrected chi connectivity index (χ1v) is 12.4. The van der Waals surface area contributed by atoms with Crippen LogP contribution in [0, 0.1) is 0 Å². The van der Waals surface area contributed by atoms with E-state index in [4.69, 9.17) is 15.6 Å². The number of carboxylic acid groups (broad SMARTS) is 1. The van der Waals surface area contributed by atoms with E-state index in [1.807, 2.05) is 54.7 Å². The summed E-state index contributed by atoms with van der Waals surface area (Å²) in [6.45, 7) is 11.6. The highest BCUT2D eigenvalue weighted by molar-refractivity contribution is 5.80. The lowest BCUT2D eigenvalue weighted by atomic mass is 9.93. The Morgan fingerprint density at radius 3 is 1.89 bits per heavy atom. The van der Waals surface area contributed by atoms with Gasteiger partial charge in [0.2, 0.25) is 0 Å². The Morgan fingerprint density at radius 1 is 0.946 bits per heavy atom. The van der Waals surface area contributed by atoms with Crippen LogP contribution in [0.5, 0.6) is 0 Å². The highest BCUT2D eigenvalue weighted by atomic mass is 16.6. The van der Waals surface area contributed by atoms with Crippen molar-refractivity contribution in [2.24, 2.45) is 5.73 Å². The smallest absolute Gasteiger partial charge is 0.408 e. The molecule has 2 atom stereocenters. The van der Waals surface area contributed by atoms with Crippen molar-refractivity contribution in [2.75, 3.05) is 0 Å². The van der Waals surface area contributed by atoms with Crippen LogP contribution < -0.4 is 11.1 Å². The lowest BCUT2D eigenvalue weighted by molar-refractivity contribution is -0.139. The molecule has 0 aliphatic rings. The zero-order valence-corrected chi connectivity index (χ0v) is 22.6. The number of carbonyl (C=O) groups is 2. The average molecular weight is 509 g/mol. The van der Waals surface area contributed by atoms with Gasteiger partial charge in [-0.1, -0.05) is 81.4 Å². The summed E-state index contributed by atoms with van der Waals surface area (Å²) in [6, 6.07) is 18.3. The first-order valence-electron chi connectivity index (χ1n) is 12.4. The summed E-state index contributed by atoms with van der Waals surface area (Å²) in [5, 5.41) is 11.5. The molecule has 0 aliphatic carbocycles. The van der Waals surface area contributed by atoms with Crippen molar-refractivity contribution in [3.63, 3.8) is 0 Å². The van der Waals surface area contributed by atoms with Gasteiger partial charge in [-0.25, -0.2) is 14.6 Å². The van der Waals surface area contributed by atoms with E-state index in [9.17, 15) is 9.59 Å². The number of hydrogen-bond donors (Lipinski definition) is 4. The standard InChI is InChI=1S/C15H21N3.C14H19NO4/c1-15(2,3)13-10-17-14(18-13)12(16)9-11-7-5-4-6-8-11;1-14(2,3)19-13(18)15-11(12(16)17)9-10-7-5-4-6-8-10/h4-8,10,12H,9,16H2,1-3H3,(H,17,18);4-8,11H,9H2,1-3H3,(H,15,18)(H,16,17)/t12-;11-/m00/s1. The summed E-state index contributed by atoms with van der Waals surface area (Å²) < 4.78 is 5.04. The number of nitrogens with one attached hydrogen (secondary N) is 2. The fourth-order valence-electron chi connectivity index (χ4n) is 3.37. The van der Waals surface area contributed by atoms with Gasteiger partial charge in [-0.15, -0.1) is 0 Å². The second kappa shape index (κ2) is 13.1. The van der Waals surface area contributed by atoms with Gasteiger partial charge in [-0.3, -0.25) is 0 Å². The molecule has 0 fully saturated rings. The van der Waals surface area contributed by atoms with Crippen molar-refractivity contribution in [3.05, 3.63) is 89.5 Å². The molecule has 2 aromatic carbocycles. The molecule has 0 unspecified atom stereocenters. The van der Waals surface area contributed by atoms with E-state index in [1.54, 1.807) is 20.8 Å². The van der Waals surface area contributed by atoms with E-state index in [2.05, 4.69) is 48.2 Å². The molecule has 5 N–H and O–H groups in total. The number of H-pyrrole nitrogens is 1. The first kappa shape index (κ1) is 29.6. The zero-order chi connectivity index (χ0) is 27.6. The van der Waals surface area contributed by atoms with Crippen LogP contribution in [-0.2, 0) is 27.8 Å². The first-order chi connectivity index (χ1) is 17.2. The molecule has 0 saturated heterocycles. The fourth-order valence-corrected chi connectivity index (χ4v) is 3.37. The molecule has 0 aliphatic heterocycles. The molecule has 1 heterocycles. The number of carbonyl (C=O) groups excluding carboxylic acids is 1. The number of imidazole rings is 1. The summed E-state index contributed by atoms with van der Waals surface area (Å²) in [5.41, 5.74) is 8.82. The highest BCUT2D eigenvalue weighted by Gasteiger charge is 2.24. The minimum Gasteiger partial charge on any atom is -0.480 e. The Morgan fingerprint density at radius 2 is 1.46 bits per heavy atom. The molecule has 200 valence electrons. The minimum absolute atomic E-state index is 0.0801. The van der Waals surface area contributed by atoms with Gasteiger partial charge in [0.1, 0.15) is 17.5 Å². The Balaban J connectivity index is 0.000000260. The normalized spacial score (nSPS) is 13.1. The van der Waals surface area contributed by atoms with Crippen LogP contribution >= 0.6 is 0 Å². The monoisotopic (exact) mass is 508 g/mol. The third kappa shape index (κ3) is 10.9. The number of amides is 1. The SMILES string of the molecule is CC(C)(C)OC(=O)N[C@@H](Cc1ccccc1)C(=O)O.CC(C)(C)c1cnc([C@@H](N)Cc2ccccc2)[nH]1. The number of benzene rings is 2. The summed E-state index contributed by atoms with van der Waals surface area (Å²) in [4.78, 5) is 30.4. The van der Waals surface area contributed by atoms with E-state index >= 15 is 0 Å². The summed E-state index contributed by atoms with van der Waals surface area (Å²) in [6.07, 6.45) is 2.18. The number of ether oxygens (including phenoxy) is 1. The summed E-state index contributed by atoms with van der Waals surface area (Å²) >= 11 is 0. The number of hydrogen-bond acceptors (Lipinski definition) is 5. The quantitative estimate of drug-likeness (QED) is 0.349. The van der Waals surface area contributed by atoms with Crippen LogP contribution in [0.15, 0.2) is 66.9 Å². The highest BCUT2D eigenvalue weighted by Crippen LogP contribution is 2.22. The van der Waals surface area contributed by atoms with Crippen LogP contribution in [0.25, 0.3) is 0 Å².